The second kappa shape index (κ2) is 4.84. The number of likely N-dealkylation sites (tertiary alicyclic amines) is 1. The molecule has 2 aliphatic heterocycles. The van der Waals surface area contributed by atoms with Crippen LogP contribution in [-0.2, 0) is 10.2 Å². The summed E-state index contributed by atoms with van der Waals surface area (Å²) in [7, 11) is 0. The van der Waals surface area contributed by atoms with E-state index in [0.29, 0.717) is 23.8 Å². The van der Waals surface area contributed by atoms with Gasteiger partial charge in [-0.05, 0) is 36.7 Å². The first kappa shape index (κ1) is 13.3. The van der Waals surface area contributed by atoms with Crippen molar-refractivity contribution in [3.05, 3.63) is 35.9 Å². The lowest BCUT2D eigenvalue weighted by Crippen LogP contribution is -2.44. The maximum Gasteiger partial charge on any atom is 0.233 e. The normalized spacial score (nSPS) is 33.0. The van der Waals surface area contributed by atoms with Gasteiger partial charge in [0.25, 0.3) is 0 Å². The molecule has 4 rings (SSSR count). The highest BCUT2D eigenvalue weighted by Gasteiger charge is 2.56. The minimum Gasteiger partial charge on any atom is -0.338 e. The number of carbonyl (C=O) groups is 1. The average molecular weight is 284 g/mol. The molecule has 3 aliphatic rings. The number of carbonyl (C=O) groups excluding carboxylic acids is 1. The Morgan fingerprint density at radius 1 is 1.29 bits per heavy atom. The van der Waals surface area contributed by atoms with Gasteiger partial charge in [0, 0.05) is 25.7 Å². The fourth-order valence-corrected chi connectivity index (χ4v) is 4.56. The molecule has 3 heteroatoms. The van der Waals surface area contributed by atoms with E-state index in [9.17, 15) is 4.79 Å². The van der Waals surface area contributed by atoms with Gasteiger partial charge < -0.3 is 10.2 Å². The average Bonchev–Trinajstić information content (AvgIpc) is 3.08. The van der Waals surface area contributed by atoms with Crippen LogP contribution in [-0.4, -0.2) is 36.5 Å². The highest BCUT2D eigenvalue weighted by atomic mass is 16.2. The number of nitrogens with zero attached hydrogens (tertiary/aromatic N) is 1. The van der Waals surface area contributed by atoms with E-state index in [4.69, 9.17) is 0 Å². The summed E-state index contributed by atoms with van der Waals surface area (Å²) < 4.78 is 0. The Morgan fingerprint density at radius 2 is 2.05 bits per heavy atom. The van der Waals surface area contributed by atoms with E-state index < -0.39 is 0 Å². The SMILES string of the molecule is CCC1C2CNCC2CN1C(=O)C1(c2ccccc2)CC1. The number of benzene rings is 1. The van der Waals surface area contributed by atoms with Crippen LogP contribution < -0.4 is 5.32 Å². The van der Waals surface area contributed by atoms with E-state index in [0.717, 1.165) is 38.9 Å². The summed E-state index contributed by atoms with van der Waals surface area (Å²) in [5, 5.41) is 3.50. The number of fused-ring (bicyclic) bond motifs is 1. The molecule has 0 radical (unpaired) electrons. The smallest absolute Gasteiger partial charge is 0.233 e. The summed E-state index contributed by atoms with van der Waals surface area (Å²) in [6.45, 7) is 5.37. The fourth-order valence-electron chi connectivity index (χ4n) is 4.56. The summed E-state index contributed by atoms with van der Waals surface area (Å²) in [5.41, 5.74) is 1.03. The summed E-state index contributed by atoms with van der Waals surface area (Å²) in [6.07, 6.45) is 3.13. The van der Waals surface area contributed by atoms with E-state index in [1.165, 1.54) is 5.56 Å². The highest BCUT2D eigenvalue weighted by molar-refractivity contribution is 5.91. The molecular formula is C18H24N2O. The van der Waals surface area contributed by atoms with Crippen LogP contribution >= 0.6 is 0 Å². The molecule has 3 unspecified atom stereocenters. The van der Waals surface area contributed by atoms with Gasteiger partial charge in [-0.25, -0.2) is 0 Å². The monoisotopic (exact) mass is 284 g/mol. The molecule has 1 aromatic carbocycles. The molecule has 3 nitrogen and oxygen atoms in total. The minimum atomic E-state index is -0.194. The van der Waals surface area contributed by atoms with E-state index in [1.54, 1.807) is 0 Å². The number of nitrogens with one attached hydrogen (secondary N) is 1. The Kier molecular flexibility index (Phi) is 3.07. The van der Waals surface area contributed by atoms with Crippen molar-refractivity contribution in [2.45, 2.75) is 37.6 Å². The Balaban J connectivity index is 1.60. The Hall–Kier alpha value is -1.35. The van der Waals surface area contributed by atoms with Crippen molar-refractivity contribution in [2.24, 2.45) is 11.8 Å². The predicted octanol–water partition coefficient (Wildman–Crippen LogP) is 2.17. The van der Waals surface area contributed by atoms with Gasteiger partial charge in [-0.15, -0.1) is 0 Å². The second-order valence-corrected chi connectivity index (χ2v) is 6.96. The summed E-state index contributed by atoms with van der Waals surface area (Å²) in [5.74, 6) is 1.74. The van der Waals surface area contributed by atoms with E-state index in [1.807, 2.05) is 6.07 Å². The molecule has 2 heterocycles. The lowest BCUT2D eigenvalue weighted by Gasteiger charge is -2.31. The lowest BCUT2D eigenvalue weighted by atomic mass is 9.91. The van der Waals surface area contributed by atoms with Crippen molar-refractivity contribution in [1.82, 2.24) is 10.2 Å². The number of amides is 1. The molecule has 1 aromatic rings. The van der Waals surface area contributed by atoms with Gasteiger partial charge in [0.15, 0.2) is 0 Å². The first-order valence-corrected chi connectivity index (χ1v) is 8.33. The zero-order chi connectivity index (χ0) is 14.4. The van der Waals surface area contributed by atoms with E-state index in [2.05, 4.69) is 41.4 Å². The van der Waals surface area contributed by atoms with Crippen molar-refractivity contribution in [1.29, 1.82) is 0 Å². The molecule has 0 spiro atoms. The quantitative estimate of drug-likeness (QED) is 0.922. The van der Waals surface area contributed by atoms with Crippen LogP contribution in [0.2, 0.25) is 0 Å². The van der Waals surface area contributed by atoms with Crippen LogP contribution in [0, 0.1) is 11.8 Å². The zero-order valence-electron chi connectivity index (χ0n) is 12.7. The third-order valence-electron chi connectivity index (χ3n) is 5.88. The van der Waals surface area contributed by atoms with Crippen LogP contribution in [0.3, 0.4) is 0 Å². The molecule has 0 aromatic heterocycles. The maximum atomic E-state index is 13.2. The number of rotatable bonds is 3. The molecule has 21 heavy (non-hydrogen) atoms. The molecule has 3 atom stereocenters. The third kappa shape index (κ3) is 1.94. The number of hydrogen-bond acceptors (Lipinski definition) is 2. The molecule has 2 saturated heterocycles. The molecule has 1 N–H and O–H groups in total. The van der Waals surface area contributed by atoms with Crippen molar-refractivity contribution in [3.63, 3.8) is 0 Å². The fraction of sp³-hybridized carbons (Fsp3) is 0.611. The summed E-state index contributed by atoms with van der Waals surface area (Å²) in [6, 6.07) is 10.9. The van der Waals surface area contributed by atoms with Gasteiger partial charge in [0.1, 0.15) is 0 Å². The predicted molar refractivity (Wildman–Crippen MR) is 83.0 cm³/mol. The third-order valence-corrected chi connectivity index (χ3v) is 5.88. The standard InChI is InChI=1S/C18H24N2O/c1-2-16-15-11-19-10-13(15)12-20(16)17(21)18(8-9-18)14-6-4-3-5-7-14/h3-7,13,15-16,19H,2,8-12H2,1H3. The van der Waals surface area contributed by atoms with Crippen molar-refractivity contribution in [2.75, 3.05) is 19.6 Å². The second-order valence-electron chi connectivity index (χ2n) is 6.96. The van der Waals surface area contributed by atoms with E-state index in [-0.39, 0.29) is 5.41 Å². The van der Waals surface area contributed by atoms with Crippen LogP contribution in [0.25, 0.3) is 0 Å². The molecule has 1 aliphatic carbocycles. The topological polar surface area (TPSA) is 32.3 Å². The van der Waals surface area contributed by atoms with Crippen LogP contribution in [0.4, 0.5) is 0 Å². The Morgan fingerprint density at radius 3 is 2.71 bits per heavy atom. The van der Waals surface area contributed by atoms with Crippen LogP contribution in [0.5, 0.6) is 0 Å². The Labute approximate surface area is 126 Å². The molecular weight excluding hydrogens is 260 g/mol. The zero-order valence-corrected chi connectivity index (χ0v) is 12.7. The minimum absolute atomic E-state index is 0.194. The highest BCUT2D eigenvalue weighted by Crippen LogP contribution is 2.51. The van der Waals surface area contributed by atoms with Gasteiger partial charge in [-0.3, -0.25) is 4.79 Å². The molecule has 1 saturated carbocycles. The van der Waals surface area contributed by atoms with Crippen molar-refractivity contribution in [3.8, 4) is 0 Å². The molecule has 112 valence electrons. The molecule has 0 bridgehead atoms. The van der Waals surface area contributed by atoms with Crippen LogP contribution in [0.1, 0.15) is 31.7 Å². The summed E-state index contributed by atoms with van der Waals surface area (Å²) >= 11 is 0. The largest absolute Gasteiger partial charge is 0.338 e. The first-order valence-electron chi connectivity index (χ1n) is 8.33. The lowest BCUT2D eigenvalue weighted by molar-refractivity contribution is -0.135. The van der Waals surface area contributed by atoms with Gasteiger partial charge in [-0.1, -0.05) is 37.3 Å². The van der Waals surface area contributed by atoms with E-state index >= 15 is 0 Å². The van der Waals surface area contributed by atoms with Gasteiger partial charge >= 0.3 is 0 Å². The molecule has 1 amide bonds. The van der Waals surface area contributed by atoms with Crippen molar-refractivity contribution < 1.29 is 4.79 Å². The van der Waals surface area contributed by atoms with Crippen molar-refractivity contribution >= 4 is 5.91 Å². The van der Waals surface area contributed by atoms with Crippen LogP contribution in [0.15, 0.2) is 30.3 Å². The Bertz CT molecular complexity index is 537. The van der Waals surface area contributed by atoms with Gasteiger partial charge in [0.05, 0.1) is 5.41 Å². The number of hydrogen-bond donors (Lipinski definition) is 1. The summed E-state index contributed by atoms with van der Waals surface area (Å²) in [4.78, 5) is 15.5. The first-order chi connectivity index (χ1) is 10.3. The van der Waals surface area contributed by atoms with Gasteiger partial charge in [-0.2, -0.15) is 0 Å². The maximum absolute atomic E-state index is 13.2. The van der Waals surface area contributed by atoms with Gasteiger partial charge in [0.2, 0.25) is 5.91 Å². The molecule has 3 fully saturated rings.